The molecule has 2 aliphatic heterocycles. The largest absolute Gasteiger partial charge is 0.486 e. The number of nitrogens with zero attached hydrogens (tertiary/aromatic N) is 2. The highest BCUT2D eigenvalue weighted by Gasteiger charge is 2.34. The van der Waals surface area contributed by atoms with Crippen molar-refractivity contribution in [1.29, 1.82) is 0 Å². The molecule has 32 heavy (non-hydrogen) atoms. The number of hydrogen-bond donors (Lipinski definition) is 1. The van der Waals surface area contributed by atoms with Crippen LogP contribution in [0, 0.1) is 5.92 Å². The Bertz CT molecular complexity index is 942. The predicted molar refractivity (Wildman–Crippen MR) is 126 cm³/mol. The van der Waals surface area contributed by atoms with Crippen LogP contribution in [0.4, 0.5) is 10.5 Å². The molecule has 1 fully saturated rings. The number of para-hydroxylation sites is 2. The first kappa shape index (κ1) is 22.5. The van der Waals surface area contributed by atoms with E-state index in [0.29, 0.717) is 44.0 Å². The molecule has 7 heteroatoms. The number of ether oxygens (including phenoxy) is 1. The third-order valence-electron chi connectivity index (χ3n) is 6.28. The van der Waals surface area contributed by atoms with E-state index < -0.39 is 0 Å². The molecule has 1 N–H and O–H groups in total. The van der Waals surface area contributed by atoms with E-state index in [9.17, 15) is 9.59 Å². The van der Waals surface area contributed by atoms with Crippen LogP contribution in [0.5, 0.6) is 5.75 Å². The van der Waals surface area contributed by atoms with Crippen molar-refractivity contribution >= 4 is 29.2 Å². The van der Waals surface area contributed by atoms with Gasteiger partial charge in [0.1, 0.15) is 11.9 Å². The highest BCUT2D eigenvalue weighted by atomic mass is 35.5. The Hall–Kier alpha value is -2.73. The second-order valence-electron chi connectivity index (χ2n) is 8.44. The van der Waals surface area contributed by atoms with Crippen LogP contribution in [0.25, 0.3) is 0 Å². The minimum absolute atomic E-state index is 0.000738. The highest BCUT2D eigenvalue weighted by molar-refractivity contribution is 6.30. The van der Waals surface area contributed by atoms with Crippen molar-refractivity contribution in [3.05, 3.63) is 59.1 Å². The summed E-state index contributed by atoms with van der Waals surface area (Å²) in [6, 6.07) is 15.4. The van der Waals surface area contributed by atoms with Crippen molar-refractivity contribution in [2.24, 2.45) is 5.92 Å². The van der Waals surface area contributed by atoms with Crippen LogP contribution < -0.4 is 15.0 Å². The lowest BCUT2D eigenvalue weighted by atomic mass is 9.96. The van der Waals surface area contributed by atoms with E-state index in [2.05, 4.69) is 12.2 Å². The van der Waals surface area contributed by atoms with Crippen molar-refractivity contribution in [2.75, 3.05) is 31.1 Å². The summed E-state index contributed by atoms with van der Waals surface area (Å²) in [6.07, 6.45) is 2.98. The van der Waals surface area contributed by atoms with E-state index in [0.717, 1.165) is 29.8 Å². The van der Waals surface area contributed by atoms with E-state index in [1.807, 2.05) is 58.3 Å². The minimum atomic E-state index is -0.0513. The molecular formula is C25H30ClN3O3. The van der Waals surface area contributed by atoms with Gasteiger partial charge in [0.05, 0.1) is 12.2 Å². The zero-order valence-corrected chi connectivity index (χ0v) is 19.2. The number of carbonyl (C=O) groups is 2. The van der Waals surface area contributed by atoms with Crippen molar-refractivity contribution in [3.63, 3.8) is 0 Å². The van der Waals surface area contributed by atoms with Gasteiger partial charge in [0, 0.05) is 30.6 Å². The molecule has 0 radical (unpaired) electrons. The molecular weight excluding hydrogens is 426 g/mol. The number of halogens is 1. The summed E-state index contributed by atoms with van der Waals surface area (Å²) in [5, 5.41) is 3.76. The van der Waals surface area contributed by atoms with Crippen LogP contribution in [0.15, 0.2) is 48.5 Å². The molecule has 0 aliphatic carbocycles. The Kier molecular flexibility index (Phi) is 7.20. The van der Waals surface area contributed by atoms with Crippen molar-refractivity contribution < 1.29 is 14.3 Å². The first-order valence-corrected chi connectivity index (χ1v) is 11.8. The number of piperidine rings is 1. The third-order valence-corrected chi connectivity index (χ3v) is 6.54. The molecule has 1 saturated heterocycles. The quantitative estimate of drug-likeness (QED) is 0.721. The lowest BCUT2D eigenvalue weighted by Crippen LogP contribution is -2.52. The fourth-order valence-corrected chi connectivity index (χ4v) is 4.45. The summed E-state index contributed by atoms with van der Waals surface area (Å²) in [5.74, 6) is 0.785. The van der Waals surface area contributed by atoms with E-state index >= 15 is 0 Å². The van der Waals surface area contributed by atoms with Gasteiger partial charge in [0.15, 0.2) is 0 Å². The summed E-state index contributed by atoms with van der Waals surface area (Å²) in [4.78, 5) is 29.6. The molecule has 0 spiro atoms. The highest BCUT2D eigenvalue weighted by Crippen LogP contribution is 2.35. The zero-order valence-electron chi connectivity index (χ0n) is 18.4. The Morgan fingerprint density at radius 2 is 1.81 bits per heavy atom. The van der Waals surface area contributed by atoms with Gasteiger partial charge >= 0.3 is 6.03 Å². The number of amides is 3. The lowest BCUT2D eigenvalue weighted by molar-refractivity contribution is -0.126. The van der Waals surface area contributed by atoms with Crippen molar-refractivity contribution in [1.82, 2.24) is 10.2 Å². The molecule has 0 aromatic heterocycles. The molecule has 0 saturated carbocycles. The lowest BCUT2D eigenvalue weighted by Gasteiger charge is -2.39. The molecule has 6 nitrogen and oxygen atoms in total. The van der Waals surface area contributed by atoms with Crippen molar-refractivity contribution in [3.8, 4) is 5.75 Å². The molecule has 3 amide bonds. The Morgan fingerprint density at radius 3 is 2.53 bits per heavy atom. The number of urea groups is 1. The molecule has 4 rings (SSSR count). The van der Waals surface area contributed by atoms with E-state index in [4.69, 9.17) is 16.3 Å². The molecule has 2 aromatic rings. The van der Waals surface area contributed by atoms with E-state index in [1.54, 1.807) is 0 Å². The van der Waals surface area contributed by atoms with E-state index in [1.165, 1.54) is 0 Å². The van der Waals surface area contributed by atoms with Gasteiger partial charge in [-0.2, -0.15) is 0 Å². The van der Waals surface area contributed by atoms with Gasteiger partial charge in [-0.05, 0) is 55.5 Å². The average Bonchev–Trinajstić information content (AvgIpc) is 2.84. The second-order valence-corrected chi connectivity index (χ2v) is 8.87. The maximum atomic E-state index is 13.3. The van der Waals surface area contributed by atoms with Gasteiger partial charge in [0.25, 0.3) is 0 Å². The Balaban J connectivity index is 1.28. The number of rotatable bonds is 5. The topological polar surface area (TPSA) is 61.9 Å². The molecule has 0 unspecified atom stereocenters. The Morgan fingerprint density at radius 1 is 1.09 bits per heavy atom. The SMILES string of the molecule is CC[C@H]1CN(C(=O)N2CCC(C(=O)NCCc3ccc(Cl)cc3)CC2)c2ccccc2O1. The van der Waals surface area contributed by atoms with Crippen LogP contribution in [0.3, 0.4) is 0 Å². The summed E-state index contributed by atoms with van der Waals surface area (Å²) in [6.45, 7) is 4.40. The number of benzene rings is 2. The molecule has 1 atom stereocenters. The number of anilines is 1. The molecule has 0 bridgehead atoms. The summed E-state index contributed by atoms with van der Waals surface area (Å²) < 4.78 is 6.00. The zero-order chi connectivity index (χ0) is 22.5. The number of hydrogen-bond acceptors (Lipinski definition) is 3. The number of fused-ring (bicyclic) bond motifs is 1. The van der Waals surface area contributed by atoms with Crippen molar-refractivity contribution in [2.45, 2.75) is 38.7 Å². The van der Waals surface area contributed by atoms with Gasteiger partial charge in [-0.15, -0.1) is 0 Å². The first-order valence-electron chi connectivity index (χ1n) is 11.4. The number of nitrogens with one attached hydrogen (secondary N) is 1. The molecule has 170 valence electrons. The van der Waals surface area contributed by atoms with Crippen LogP contribution in [0.1, 0.15) is 31.7 Å². The fraction of sp³-hybridized carbons (Fsp3) is 0.440. The fourth-order valence-electron chi connectivity index (χ4n) is 4.32. The first-order chi connectivity index (χ1) is 15.5. The molecule has 2 aromatic carbocycles. The maximum absolute atomic E-state index is 13.3. The third kappa shape index (κ3) is 5.18. The monoisotopic (exact) mass is 455 g/mol. The van der Waals surface area contributed by atoms with Gasteiger partial charge < -0.3 is 15.0 Å². The van der Waals surface area contributed by atoms with Crippen LogP contribution >= 0.6 is 11.6 Å². The molecule has 2 heterocycles. The standard InChI is InChI=1S/C25H30ClN3O3/c1-2-21-17-29(22-5-3-4-6-23(22)32-21)25(31)28-15-12-19(13-16-28)24(30)27-14-11-18-7-9-20(26)10-8-18/h3-10,19,21H,2,11-17H2,1H3,(H,27,30)/t21-/m0/s1. The average molecular weight is 456 g/mol. The second kappa shape index (κ2) is 10.3. The summed E-state index contributed by atoms with van der Waals surface area (Å²) in [5.41, 5.74) is 1.97. The summed E-state index contributed by atoms with van der Waals surface area (Å²) in [7, 11) is 0. The van der Waals surface area contributed by atoms with Gasteiger partial charge in [0.2, 0.25) is 5.91 Å². The van der Waals surface area contributed by atoms with Gasteiger partial charge in [-0.3, -0.25) is 9.69 Å². The maximum Gasteiger partial charge on any atom is 0.324 e. The van der Waals surface area contributed by atoms with E-state index in [-0.39, 0.29) is 24.0 Å². The van der Waals surface area contributed by atoms with Gasteiger partial charge in [-0.25, -0.2) is 4.79 Å². The minimum Gasteiger partial charge on any atom is -0.486 e. The number of likely N-dealkylation sites (tertiary alicyclic amines) is 1. The van der Waals surface area contributed by atoms with Crippen LogP contribution in [-0.4, -0.2) is 49.1 Å². The predicted octanol–water partition coefficient (Wildman–Crippen LogP) is 4.51. The summed E-state index contributed by atoms with van der Waals surface area (Å²) >= 11 is 5.91. The van der Waals surface area contributed by atoms with Crippen LogP contribution in [0.2, 0.25) is 5.02 Å². The van der Waals surface area contributed by atoms with Gasteiger partial charge in [-0.1, -0.05) is 42.8 Å². The normalized spacial score (nSPS) is 18.6. The smallest absolute Gasteiger partial charge is 0.324 e. The van der Waals surface area contributed by atoms with Crippen LogP contribution in [-0.2, 0) is 11.2 Å². The molecule has 2 aliphatic rings. The Labute approximate surface area is 194 Å². The number of carbonyl (C=O) groups excluding carboxylic acids is 2.